The highest BCUT2D eigenvalue weighted by Gasteiger charge is 2.42. The summed E-state index contributed by atoms with van der Waals surface area (Å²) < 4.78 is 109. The summed E-state index contributed by atoms with van der Waals surface area (Å²) in [5.41, 5.74) is -1.20. The fraction of sp³-hybridized carbons (Fsp3) is 0.0714. The topological polar surface area (TPSA) is 335 Å². The second-order valence-corrected chi connectivity index (χ2v) is 13.5. The van der Waals surface area contributed by atoms with Gasteiger partial charge in [-0.25, -0.2) is 59.0 Å². The van der Waals surface area contributed by atoms with Gasteiger partial charge in [0.2, 0.25) is 40.1 Å². The molecule has 0 aliphatic carbocycles. The lowest BCUT2D eigenvalue weighted by Gasteiger charge is -2.22. The third kappa shape index (κ3) is 7.27. The van der Waals surface area contributed by atoms with E-state index in [1.807, 2.05) is 5.32 Å². The molecular weight excluding hydrogens is 619 g/mol. The number of hydrogen-bond acceptors (Lipinski definition) is 14. The highest BCUT2D eigenvalue weighted by molar-refractivity contribution is 7.97. The Morgan fingerprint density at radius 2 is 1.18 bits per heavy atom. The number of amides is 2. The van der Waals surface area contributed by atoms with Crippen LogP contribution in [0.5, 0.6) is 5.75 Å². The van der Waals surface area contributed by atoms with Crippen molar-refractivity contribution in [2.45, 2.75) is 24.5 Å². The molecule has 2 rings (SSSR count). The molecular formula is C14H19N7O12S5. The van der Waals surface area contributed by atoms with Crippen LogP contribution in [0.1, 0.15) is 0 Å². The van der Waals surface area contributed by atoms with Crippen molar-refractivity contribution in [1.82, 2.24) is 0 Å². The number of methoxy groups -OCH3 is 1. The summed E-state index contributed by atoms with van der Waals surface area (Å²) >= 11 is -0.307. The molecule has 0 saturated heterocycles. The molecule has 0 unspecified atom stereocenters. The molecule has 0 heterocycles. The first-order valence-corrected chi connectivity index (χ1v) is 15.9. The highest BCUT2D eigenvalue weighted by Crippen LogP contribution is 2.46. The Bertz CT molecular complexity index is 1690. The van der Waals surface area contributed by atoms with Crippen molar-refractivity contribution in [2.24, 2.45) is 26.5 Å². The molecule has 0 fully saturated rings. The average molecular weight is 638 g/mol. The molecule has 0 saturated carbocycles. The second-order valence-electron chi connectivity index (χ2n) is 6.76. The number of sulfonamides is 4. The molecule has 212 valence electrons. The van der Waals surface area contributed by atoms with E-state index < -0.39 is 76.3 Å². The Labute approximate surface area is 220 Å². The summed E-state index contributed by atoms with van der Waals surface area (Å²) in [6.45, 7) is 0. The Balaban J connectivity index is 3.09. The lowest BCUT2D eigenvalue weighted by Crippen LogP contribution is -2.32. The van der Waals surface area contributed by atoms with E-state index in [0.717, 1.165) is 0 Å². The molecule has 2 aromatic rings. The number of benzene rings is 2. The zero-order valence-corrected chi connectivity index (χ0v) is 22.7. The fourth-order valence-electron chi connectivity index (χ4n) is 2.88. The number of anilines is 2. The normalized spacial score (nSPS) is 12.7. The van der Waals surface area contributed by atoms with E-state index >= 15 is 0 Å². The molecule has 2 amide bonds. The van der Waals surface area contributed by atoms with Gasteiger partial charge in [0.25, 0.3) is 0 Å². The molecule has 0 aromatic heterocycles. The fourth-order valence-corrected chi connectivity index (χ4v) is 9.17. The number of urea groups is 1. The van der Waals surface area contributed by atoms with Gasteiger partial charge in [0.05, 0.1) is 29.7 Å². The van der Waals surface area contributed by atoms with Gasteiger partial charge in [-0.3, -0.25) is 0 Å². The van der Waals surface area contributed by atoms with Crippen molar-refractivity contribution >= 4 is 69.5 Å². The van der Waals surface area contributed by atoms with Gasteiger partial charge in [-0.05, 0) is 24.3 Å². The van der Waals surface area contributed by atoms with Gasteiger partial charge in [0.15, 0.2) is 0 Å². The van der Waals surface area contributed by atoms with Gasteiger partial charge >= 0.3 is 6.03 Å². The molecule has 2 aromatic carbocycles. The van der Waals surface area contributed by atoms with Crippen LogP contribution in [0.3, 0.4) is 0 Å². The van der Waals surface area contributed by atoms with E-state index in [4.69, 9.17) is 31.2 Å². The lowest BCUT2D eigenvalue weighted by atomic mass is 10.3. The second kappa shape index (κ2) is 11.2. The molecule has 0 radical (unpaired) electrons. The summed E-state index contributed by atoms with van der Waals surface area (Å²) in [4.78, 5) is 8.24. The molecule has 0 aliphatic heterocycles. The molecule has 19 nitrogen and oxygen atoms in total. The maximum atomic E-state index is 12.7. The van der Waals surface area contributed by atoms with Crippen molar-refractivity contribution < 1.29 is 52.5 Å². The molecule has 0 bridgehead atoms. The Hall–Kier alpha value is -2.62. The van der Waals surface area contributed by atoms with Crippen LogP contribution in [0, 0.1) is 0 Å². The first-order chi connectivity index (χ1) is 17.2. The third-order valence-electron chi connectivity index (χ3n) is 4.16. The summed E-state index contributed by atoms with van der Waals surface area (Å²) in [5.74, 6) is 5.11. The minimum absolute atomic E-state index is 0.0655. The van der Waals surface area contributed by atoms with Crippen LogP contribution in [0.25, 0.3) is 0 Å². The summed E-state index contributed by atoms with van der Waals surface area (Å²) in [6, 6.07) is 4.15. The van der Waals surface area contributed by atoms with Crippen LogP contribution in [0.2, 0.25) is 0 Å². The third-order valence-corrected chi connectivity index (χ3v) is 9.31. The Morgan fingerprint density at radius 3 is 1.58 bits per heavy atom. The van der Waals surface area contributed by atoms with Crippen molar-refractivity contribution in [3.8, 4) is 5.75 Å². The molecule has 24 heteroatoms. The van der Waals surface area contributed by atoms with Gasteiger partial charge in [0, 0.05) is 5.69 Å². The van der Waals surface area contributed by atoms with Crippen molar-refractivity contribution in [2.75, 3.05) is 17.7 Å². The van der Waals surface area contributed by atoms with Crippen LogP contribution in [-0.4, -0.2) is 46.8 Å². The van der Waals surface area contributed by atoms with E-state index in [1.54, 1.807) is 0 Å². The first-order valence-electron chi connectivity index (χ1n) is 9.00. The maximum Gasteiger partial charge on any atom is 0.323 e. The maximum absolute atomic E-state index is 12.7. The van der Waals surface area contributed by atoms with Gasteiger partial charge in [-0.15, -0.1) is 9.32 Å². The summed E-state index contributed by atoms with van der Waals surface area (Å²) in [5, 5.41) is 24.4. The van der Waals surface area contributed by atoms with E-state index in [9.17, 15) is 38.5 Å². The van der Waals surface area contributed by atoms with Crippen molar-refractivity contribution in [1.29, 1.82) is 0 Å². The largest absolute Gasteiger partial charge is 0.497 e. The Kier molecular flexibility index (Phi) is 9.35. The number of carbonyl (C=O) groups is 1. The summed E-state index contributed by atoms with van der Waals surface area (Å²) in [7, 11) is -20.3. The number of hydrogen-bond donors (Lipinski definition) is 7. The molecule has 0 spiro atoms. The molecule has 0 atom stereocenters. The highest BCUT2D eigenvalue weighted by atomic mass is 32.2. The van der Waals surface area contributed by atoms with E-state index in [1.165, 1.54) is 31.4 Å². The van der Waals surface area contributed by atoms with E-state index in [-0.39, 0.29) is 17.7 Å². The smallest absolute Gasteiger partial charge is 0.323 e. The Morgan fingerprint density at radius 1 is 0.737 bits per heavy atom. The van der Waals surface area contributed by atoms with Gasteiger partial charge in [-0.2, -0.15) is 5.90 Å². The summed E-state index contributed by atoms with van der Waals surface area (Å²) in [6.07, 6.45) is 0. The van der Waals surface area contributed by atoms with E-state index in [0.29, 0.717) is 5.75 Å². The quantitative estimate of drug-likeness (QED) is 0.0822. The molecule has 38 heavy (non-hydrogen) atoms. The number of nitrogens with two attached hydrogens (primary N) is 5. The minimum Gasteiger partial charge on any atom is -0.497 e. The monoisotopic (exact) mass is 637 g/mol. The molecule has 0 aliphatic rings. The van der Waals surface area contributed by atoms with Crippen molar-refractivity contribution in [3.05, 3.63) is 24.3 Å². The standard InChI is InChI=1S/C14H19N7O12S5/c1-31-7-4-2-6(3-5-7)20-14(22)21-8-9(34-33-32-15)11(36(17,25)26)13(38(19,29)30)12(37(18,27)28)10(8)35(16,23)24/h2-5H,15H2,1H3,(H2,16,23,24)(H2,17,25,26)(H2,18,27,28)(H2,19,29,30)(H2,20,21,22). The minimum atomic E-state index is -5.51. The number of nitrogens with one attached hydrogen (secondary N) is 2. The van der Waals surface area contributed by atoms with Gasteiger partial charge < -0.3 is 15.4 Å². The SMILES string of the molecule is COc1ccc(NC(=O)Nc2c(SOON)c(S(N)(=O)=O)c(S(N)(=O)=O)c(S(N)(=O)=O)c2S(N)(=O)=O)cc1. The number of primary sulfonamides is 4. The average Bonchev–Trinajstić information content (AvgIpc) is 2.74. The van der Waals surface area contributed by atoms with E-state index in [2.05, 4.69) is 14.6 Å². The number of carbonyl (C=O) groups excluding carboxylic acids is 1. The molecule has 12 N–H and O–H groups in total. The van der Waals surface area contributed by atoms with Crippen LogP contribution in [0.4, 0.5) is 16.2 Å². The van der Waals surface area contributed by atoms with Crippen LogP contribution in [-0.2, 0) is 49.4 Å². The predicted molar refractivity (Wildman–Crippen MR) is 130 cm³/mol. The zero-order valence-electron chi connectivity index (χ0n) is 18.6. The van der Waals surface area contributed by atoms with Crippen LogP contribution >= 0.6 is 12.0 Å². The number of ether oxygens (including phenoxy) is 1. The van der Waals surface area contributed by atoms with Crippen molar-refractivity contribution in [3.63, 3.8) is 0 Å². The lowest BCUT2D eigenvalue weighted by molar-refractivity contribution is -0.195. The van der Waals surface area contributed by atoms with Gasteiger partial charge in [0.1, 0.15) is 25.3 Å². The van der Waals surface area contributed by atoms with Crippen LogP contribution < -0.4 is 41.8 Å². The van der Waals surface area contributed by atoms with Crippen LogP contribution in [0.15, 0.2) is 48.7 Å². The zero-order chi connectivity index (χ0) is 29.3. The number of rotatable bonds is 10. The first kappa shape index (κ1) is 31.6. The van der Waals surface area contributed by atoms with Gasteiger partial charge in [-0.1, -0.05) is 0 Å². The predicted octanol–water partition coefficient (Wildman–Crippen LogP) is -2.24.